The zero-order valence-corrected chi connectivity index (χ0v) is 24.0. The average Bonchev–Trinajstić information content (AvgIpc) is 3.34. The Balaban J connectivity index is 2.27. The molecule has 1 saturated heterocycles. The van der Waals surface area contributed by atoms with E-state index in [4.69, 9.17) is 4.74 Å². The van der Waals surface area contributed by atoms with Gasteiger partial charge >= 0.3 is 11.9 Å². The molecule has 9 nitrogen and oxygen atoms in total. The fourth-order valence-corrected chi connectivity index (χ4v) is 5.94. The van der Waals surface area contributed by atoms with Gasteiger partial charge in [-0.2, -0.15) is 0 Å². The molecule has 0 radical (unpaired) electrons. The number of rotatable bonds is 13. The zero-order chi connectivity index (χ0) is 27.9. The lowest BCUT2D eigenvalue weighted by Gasteiger charge is -2.37. The maximum absolute atomic E-state index is 13.9. The van der Waals surface area contributed by atoms with E-state index >= 15 is 0 Å². The molecular weight excluding hydrogens is 494 g/mol. The average molecular weight is 538 g/mol. The lowest BCUT2D eigenvalue weighted by molar-refractivity contribution is -0.149. The van der Waals surface area contributed by atoms with Gasteiger partial charge in [-0.25, -0.2) is 9.78 Å². The largest absolute Gasteiger partial charge is 0.476 e. The van der Waals surface area contributed by atoms with E-state index in [-0.39, 0.29) is 54.1 Å². The van der Waals surface area contributed by atoms with E-state index in [0.29, 0.717) is 5.01 Å². The molecule has 37 heavy (non-hydrogen) atoms. The van der Waals surface area contributed by atoms with Crippen LogP contribution in [-0.2, 0) is 19.1 Å². The number of hydrogen-bond acceptors (Lipinski definition) is 8. The van der Waals surface area contributed by atoms with Gasteiger partial charge in [0.05, 0.1) is 6.04 Å². The summed E-state index contributed by atoms with van der Waals surface area (Å²) in [6, 6.07) is -0.450. The lowest BCUT2D eigenvalue weighted by Crippen LogP contribution is -2.48. The number of Topliss-reactive ketones (excluding diaryl/α,β-unsaturated/α-hetero) is 1. The van der Waals surface area contributed by atoms with Crippen LogP contribution < -0.4 is 0 Å². The van der Waals surface area contributed by atoms with Crippen LogP contribution in [0.15, 0.2) is 5.38 Å². The number of likely N-dealkylation sites (N-methyl/N-ethyl adjacent to an activating group) is 1. The second-order valence-electron chi connectivity index (χ2n) is 10.6. The summed E-state index contributed by atoms with van der Waals surface area (Å²) in [4.78, 5) is 58.3. The molecule has 5 atom stereocenters. The van der Waals surface area contributed by atoms with Crippen molar-refractivity contribution in [1.29, 1.82) is 0 Å². The fraction of sp³-hybridized carbons (Fsp3) is 0.741. The number of ketones is 1. The van der Waals surface area contributed by atoms with Crippen LogP contribution in [0.3, 0.4) is 0 Å². The minimum Gasteiger partial charge on any atom is -0.476 e. The summed E-state index contributed by atoms with van der Waals surface area (Å²) in [6.45, 7) is 10.2. The Morgan fingerprint density at radius 3 is 2.43 bits per heavy atom. The highest BCUT2D eigenvalue weighted by Crippen LogP contribution is 2.32. The molecule has 1 aliphatic rings. The Morgan fingerprint density at radius 1 is 1.24 bits per heavy atom. The molecule has 10 heteroatoms. The zero-order valence-electron chi connectivity index (χ0n) is 23.2. The van der Waals surface area contributed by atoms with Crippen molar-refractivity contribution in [2.75, 3.05) is 20.6 Å². The molecular formula is C27H43N3O6S. The Hall–Kier alpha value is -2.33. The van der Waals surface area contributed by atoms with Gasteiger partial charge in [-0.3, -0.25) is 19.3 Å². The van der Waals surface area contributed by atoms with Crippen LogP contribution in [0.1, 0.15) is 94.7 Å². The molecule has 1 unspecified atom stereocenters. The summed E-state index contributed by atoms with van der Waals surface area (Å²) in [5.74, 6) is -2.02. The van der Waals surface area contributed by atoms with Crippen LogP contribution >= 0.6 is 11.3 Å². The van der Waals surface area contributed by atoms with Crippen molar-refractivity contribution in [3.63, 3.8) is 0 Å². The van der Waals surface area contributed by atoms with E-state index in [1.165, 1.54) is 12.3 Å². The number of aromatic carboxylic acids is 1. The van der Waals surface area contributed by atoms with Crippen LogP contribution in [0, 0.1) is 17.8 Å². The lowest BCUT2D eigenvalue weighted by atomic mass is 9.83. The van der Waals surface area contributed by atoms with Gasteiger partial charge in [0.25, 0.3) is 0 Å². The summed E-state index contributed by atoms with van der Waals surface area (Å²) in [5, 5.41) is 11.1. The molecule has 0 saturated carbocycles. The minimum absolute atomic E-state index is 0.0173. The maximum Gasteiger partial charge on any atom is 0.355 e. The summed E-state index contributed by atoms with van der Waals surface area (Å²) in [7, 11) is 3.72. The highest BCUT2D eigenvalue weighted by atomic mass is 32.1. The number of nitrogens with zero attached hydrogens (tertiary/aromatic N) is 3. The smallest absolute Gasteiger partial charge is 0.355 e. The van der Waals surface area contributed by atoms with Gasteiger partial charge in [0.2, 0.25) is 5.91 Å². The number of aromatic nitrogens is 1. The van der Waals surface area contributed by atoms with Crippen molar-refractivity contribution in [3.05, 3.63) is 16.1 Å². The molecule has 0 bridgehead atoms. The van der Waals surface area contributed by atoms with E-state index in [1.54, 1.807) is 11.9 Å². The third kappa shape index (κ3) is 8.33. The number of carboxylic acid groups (broad SMARTS) is 1. The number of carboxylic acids is 1. The summed E-state index contributed by atoms with van der Waals surface area (Å²) < 4.78 is 5.54. The van der Waals surface area contributed by atoms with E-state index in [1.807, 2.05) is 34.7 Å². The topological polar surface area (TPSA) is 117 Å². The Bertz CT molecular complexity index is 948. The van der Waals surface area contributed by atoms with Gasteiger partial charge in [-0.05, 0) is 38.3 Å². The van der Waals surface area contributed by atoms with Crippen LogP contribution in [0.2, 0.25) is 0 Å². The number of amides is 1. The van der Waals surface area contributed by atoms with Gasteiger partial charge in [0.15, 0.2) is 17.6 Å². The first kappa shape index (κ1) is 30.9. The molecule has 1 aliphatic heterocycles. The third-order valence-electron chi connectivity index (χ3n) is 7.61. The van der Waals surface area contributed by atoms with Gasteiger partial charge in [0.1, 0.15) is 5.01 Å². The Morgan fingerprint density at radius 2 is 1.92 bits per heavy atom. The van der Waals surface area contributed by atoms with Crippen LogP contribution in [0.4, 0.5) is 0 Å². The molecule has 1 aromatic rings. The van der Waals surface area contributed by atoms with Crippen LogP contribution in [0.25, 0.3) is 0 Å². The number of hydrogen-bond donors (Lipinski definition) is 1. The SMILES string of the molecule is CC[C@H](C)[C@H](CC(=O)[C@H]1CCCCN1C)C(=O)N(C)[C@H](CC(OC(C)=O)c1nc(C(=O)O)cs1)C(C)C. The van der Waals surface area contributed by atoms with Crippen molar-refractivity contribution < 1.29 is 29.0 Å². The highest BCUT2D eigenvalue weighted by Gasteiger charge is 2.37. The summed E-state index contributed by atoms with van der Waals surface area (Å²) in [5.41, 5.74) is -0.106. The molecule has 1 fully saturated rings. The predicted molar refractivity (Wildman–Crippen MR) is 142 cm³/mol. The second kappa shape index (κ2) is 14.0. The van der Waals surface area contributed by atoms with Gasteiger partial charge in [-0.15, -0.1) is 11.3 Å². The van der Waals surface area contributed by atoms with Crippen molar-refractivity contribution in [2.24, 2.45) is 17.8 Å². The number of likely N-dealkylation sites (tertiary alicyclic amines) is 1. The van der Waals surface area contributed by atoms with E-state index in [0.717, 1.165) is 43.6 Å². The number of thiazole rings is 1. The minimum atomic E-state index is -1.15. The number of carbonyl (C=O) groups excluding carboxylic acids is 3. The molecule has 1 amide bonds. The fourth-order valence-electron chi connectivity index (χ4n) is 5.11. The molecule has 2 heterocycles. The quantitative estimate of drug-likeness (QED) is 0.368. The van der Waals surface area contributed by atoms with E-state index in [2.05, 4.69) is 9.88 Å². The van der Waals surface area contributed by atoms with Gasteiger partial charge in [0, 0.05) is 44.2 Å². The predicted octanol–water partition coefficient (Wildman–Crippen LogP) is 4.42. The molecule has 1 aromatic heterocycles. The normalized spacial score (nSPS) is 19.6. The molecule has 1 N–H and O–H groups in total. The molecule has 0 spiro atoms. The Labute approximate surface area is 224 Å². The summed E-state index contributed by atoms with van der Waals surface area (Å²) in [6.07, 6.45) is 3.42. The first-order valence-electron chi connectivity index (χ1n) is 13.2. The van der Waals surface area contributed by atoms with E-state index < -0.39 is 24.0 Å². The molecule has 208 valence electrons. The molecule has 0 aromatic carbocycles. The summed E-state index contributed by atoms with van der Waals surface area (Å²) >= 11 is 1.12. The van der Waals surface area contributed by atoms with Crippen molar-refractivity contribution in [1.82, 2.24) is 14.8 Å². The van der Waals surface area contributed by atoms with Crippen LogP contribution in [-0.4, -0.2) is 76.2 Å². The van der Waals surface area contributed by atoms with Crippen LogP contribution in [0.5, 0.6) is 0 Å². The number of piperidine rings is 1. The van der Waals surface area contributed by atoms with Crippen molar-refractivity contribution in [2.45, 2.75) is 91.3 Å². The van der Waals surface area contributed by atoms with Gasteiger partial charge in [-0.1, -0.05) is 40.5 Å². The first-order valence-corrected chi connectivity index (χ1v) is 14.1. The monoisotopic (exact) mass is 537 g/mol. The van der Waals surface area contributed by atoms with Crippen molar-refractivity contribution >= 4 is 35.0 Å². The highest BCUT2D eigenvalue weighted by molar-refractivity contribution is 7.09. The standard InChI is InChI=1S/C27H43N3O6S/c1-8-17(4)19(13-23(32)21-11-9-10-12-29(21)6)26(33)30(7)22(16(2)3)14-24(36-18(5)31)25-28-20(15-37-25)27(34)35/h15-17,19,21-22,24H,8-14H2,1-7H3,(H,34,35)/t17-,19-,21+,22+,24?/m0/s1. The third-order valence-corrected chi connectivity index (χ3v) is 8.54. The van der Waals surface area contributed by atoms with Crippen molar-refractivity contribution in [3.8, 4) is 0 Å². The number of carbonyl (C=O) groups is 4. The molecule has 0 aliphatic carbocycles. The van der Waals surface area contributed by atoms with E-state index in [9.17, 15) is 24.3 Å². The first-order chi connectivity index (χ1) is 17.4. The molecule has 2 rings (SSSR count). The van der Waals surface area contributed by atoms with Gasteiger partial charge < -0.3 is 14.7 Å². The number of ether oxygens (including phenoxy) is 1. The maximum atomic E-state index is 13.9. The number of esters is 1. The Kier molecular flexibility index (Phi) is 11.7. The second-order valence-corrected chi connectivity index (χ2v) is 11.5.